The molecule has 1 aliphatic carbocycles. The number of fused-ring (bicyclic) bond motifs is 1. The molecule has 0 unspecified atom stereocenters. The van der Waals surface area contributed by atoms with Crippen LogP contribution in [0.4, 0.5) is 18.3 Å². The molecule has 1 aromatic carbocycles. The van der Waals surface area contributed by atoms with Crippen LogP contribution in [-0.4, -0.2) is 10.9 Å². The number of hydrogen-bond donors (Lipinski definition) is 1. The third-order valence-corrected chi connectivity index (χ3v) is 4.79. The summed E-state index contributed by atoms with van der Waals surface area (Å²) in [6.07, 6.45) is 2.35. The number of nitrogens with one attached hydrogen (secondary N) is 1. The SMILES string of the molecule is O=C(/C=C/c1cccc(C(F)(F)F)c1)Nc1nc2c(s1)CCCC2. The predicted octanol–water partition coefficient (Wildman–Crippen LogP) is 4.69. The zero-order chi connectivity index (χ0) is 17.2. The molecule has 3 nitrogen and oxygen atoms in total. The van der Waals surface area contributed by atoms with Crippen molar-refractivity contribution in [2.24, 2.45) is 0 Å². The lowest BCUT2D eigenvalue weighted by atomic mass is 10.0. The smallest absolute Gasteiger partial charge is 0.298 e. The molecule has 3 rings (SSSR count). The predicted molar refractivity (Wildman–Crippen MR) is 87.9 cm³/mol. The van der Waals surface area contributed by atoms with Crippen molar-refractivity contribution in [2.75, 3.05) is 5.32 Å². The summed E-state index contributed by atoms with van der Waals surface area (Å²) in [7, 11) is 0. The van der Waals surface area contributed by atoms with Crippen LogP contribution >= 0.6 is 11.3 Å². The van der Waals surface area contributed by atoms with Crippen LogP contribution in [0.15, 0.2) is 30.3 Å². The van der Waals surface area contributed by atoms with Crippen molar-refractivity contribution < 1.29 is 18.0 Å². The number of halogens is 3. The number of alkyl halides is 3. The van der Waals surface area contributed by atoms with Gasteiger partial charge >= 0.3 is 6.18 Å². The van der Waals surface area contributed by atoms with Gasteiger partial charge in [-0.25, -0.2) is 4.98 Å². The van der Waals surface area contributed by atoms with Crippen LogP contribution in [0.25, 0.3) is 6.08 Å². The quantitative estimate of drug-likeness (QED) is 0.814. The van der Waals surface area contributed by atoms with E-state index in [4.69, 9.17) is 0 Å². The van der Waals surface area contributed by atoms with Gasteiger partial charge in [0.05, 0.1) is 11.3 Å². The molecule has 0 bridgehead atoms. The third-order valence-electron chi connectivity index (χ3n) is 3.72. The molecule has 0 saturated heterocycles. The lowest BCUT2D eigenvalue weighted by Crippen LogP contribution is -2.07. The second kappa shape index (κ2) is 6.76. The van der Waals surface area contributed by atoms with Crippen LogP contribution in [0.3, 0.4) is 0 Å². The Kier molecular flexibility index (Phi) is 4.71. The van der Waals surface area contributed by atoms with Crippen LogP contribution in [0.5, 0.6) is 0 Å². The molecule has 1 aliphatic rings. The fraction of sp³-hybridized carbons (Fsp3) is 0.294. The highest BCUT2D eigenvalue weighted by Gasteiger charge is 2.30. The number of thiazole rings is 1. The Morgan fingerprint density at radius 3 is 2.79 bits per heavy atom. The third kappa shape index (κ3) is 4.03. The molecule has 0 saturated carbocycles. The van der Waals surface area contributed by atoms with Gasteiger partial charge in [-0.3, -0.25) is 10.1 Å². The molecule has 0 spiro atoms. The van der Waals surface area contributed by atoms with Gasteiger partial charge in [-0.05, 0) is 49.5 Å². The Morgan fingerprint density at radius 1 is 1.25 bits per heavy atom. The molecule has 0 aliphatic heterocycles. The largest absolute Gasteiger partial charge is 0.416 e. The minimum absolute atomic E-state index is 0.318. The van der Waals surface area contributed by atoms with Crippen LogP contribution in [0.2, 0.25) is 0 Å². The average Bonchev–Trinajstić information content (AvgIpc) is 2.94. The fourth-order valence-corrected chi connectivity index (χ4v) is 3.60. The first-order valence-corrected chi connectivity index (χ1v) is 8.38. The van der Waals surface area contributed by atoms with Crippen molar-refractivity contribution in [1.82, 2.24) is 4.98 Å². The van der Waals surface area contributed by atoms with Crippen molar-refractivity contribution in [3.63, 3.8) is 0 Å². The molecule has 0 fully saturated rings. The Morgan fingerprint density at radius 2 is 2.04 bits per heavy atom. The molecule has 1 amide bonds. The van der Waals surface area contributed by atoms with Gasteiger partial charge in [-0.15, -0.1) is 11.3 Å². The summed E-state index contributed by atoms with van der Waals surface area (Å²) in [4.78, 5) is 17.5. The van der Waals surface area contributed by atoms with Crippen molar-refractivity contribution >= 4 is 28.5 Å². The number of aromatic nitrogens is 1. The molecule has 24 heavy (non-hydrogen) atoms. The van der Waals surface area contributed by atoms with Gasteiger partial charge in [0.1, 0.15) is 0 Å². The molecule has 7 heteroatoms. The van der Waals surface area contributed by atoms with Crippen molar-refractivity contribution in [3.8, 4) is 0 Å². The van der Waals surface area contributed by atoms with Gasteiger partial charge in [0.25, 0.3) is 0 Å². The maximum atomic E-state index is 12.7. The minimum Gasteiger partial charge on any atom is -0.298 e. The molecule has 1 N–H and O–H groups in total. The highest BCUT2D eigenvalue weighted by Crippen LogP contribution is 2.30. The number of aryl methyl sites for hydroxylation is 2. The summed E-state index contributed by atoms with van der Waals surface area (Å²) in [5.74, 6) is -0.404. The molecular formula is C17H15F3N2OS. The molecule has 126 valence electrons. The highest BCUT2D eigenvalue weighted by molar-refractivity contribution is 7.15. The van der Waals surface area contributed by atoms with Gasteiger partial charge in [0, 0.05) is 11.0 Å². The van der Waals surface area contributed by atoms with Gasteiger partial charge in [0.2, 0.25) is 5.91 Å². The molecule has 2 aromatic rings. The van der Waals surface area contributed by atoms with Crippen LogP contribution in [0, 0.1) is 0 Å². The second-order valence-electron chi connectivity index (χ2n) is 5.54. The van der Waals surface area contributed by atoms with Crippen LogP contribution in [-0.2, 0) is 23.8 Å². The van der Waals surface area contributed by atoms with Gasteiger partial charge < -0.3 is 0 Å². The number of rotatable bonds is 3. The number of anilines is 1. The normalized spacial score (nSPS) is 14.6. The summed E-state index contributed by atoms with van der Waals surface area (Å²) >= 11 is 1.47. The summed E-state index contributed by atoms with van der Waals surface area (Å²) in [6.45, 7) is 0. The van der Waals surface area contributed by atoms with Crippen molar-refractivity contribution in [3.05, 3.63) is 52.0 Å². The first kappa shape index (κ1) is 16.7. The zero-order valence-electron chi connectivity index (χ0n) is 12.7. The number of nitrogens with zero attached hydrogens (tertiary/aromatic N) is 1. The van der Waals surface area contributed by atoms with Gasteiger partial charge in [-0.2, -0.15) is 13.2 Å². The van der Waals surface area contributed by atoms with E-state index in [0.29, 0.717) is 10.7 Å². The van der Waals surface area contributed by atoms with Crippen LogP contribution < -0.4 is 5.32 Å². The Labute approximate surface area is 141 Å². The van der Waals surface area contributed by atoms with E-state index in [1.54, 1.807) is 0 Å². The van der Waals surface area contributed by atoms with E-state index in [9.17, 15) is 18.0 Å². The summed E-state index contributed by atoms with van der Waals surface area (Å²) in [5, 5.41) is 3.22. The molecule has 0 atom stereocenters. The van der Waals surface area contributed by atoms with E-state index in [0.717, 1.165) is 43.5 Å². The monoisotopic (exact) mass is 352 g/mol. The lowest BCUT2D eigenvalue weighted by Gasteiger charge is -2.06. The molecular weight excluding hydrogens is 337 g/mol. The van der Waals surface area contributed by atoms with E-state index in [1.807, 2.05) is 0 Å². The molecule has 1 heterocycles. The van der Waals surface area contributed by atoms with Gasteiger partial charge in [-0.1, -0.05) is 12.1 Å². The van der Waals surface area contributed by atoms with E-state index >= 15 is 0 Å². The standard InChI is InChI=1S/C17H15F3N2OS/c18-17(19,20)12-5-3-4-11(10-12)8-9-15(23)22-16-21-13-6-1-2-7-14(13)24-16/h3-5,8-10H,1-2,6-7H2,(H,21,22,23)/b9-8+. The van der Waals surface area contributed by atoms with E-state index < -0.39 is 17.6 Å². The Balaban J connectivity index is 1.66. The van der Waals surface area contributed by atoms with E-state index in [1.165, 1.54) is 40.5 Å². The maximum absolute atomic E-state index is 12.7. The number of benzene rings is 1. The van der Waals surface area contributed by atoms with E-state index in [2.05, 4.69) is 10.3 Å². The number of amides is 1. The number of carbonyl (C=O) groups is 1. The first-order valence-electron chi connectivity index (χ1n) is 7.57. The minimum atomic E-state index is -4.40. The molecule has 1 aromatic heterocycles. The Bertz CT molecular complexity index is 757. The van der Waals surface area contributed by atoms with Crippen LogP contribution in [0.1, 0.15) is 34.5 Å². The summed E-state index contributed by atoms with van der Waals surface area (Å²) < 4.78 is 38.0. The van der Waals surface area contributed by atoms with Crippen molar-refractivity contribution in [2.45, 2.75) is 31.9 Å². The van der Waals surface area contributed by atoms with Crippen molar-refractivity contribution in [1.29, 1.82) is 0 Å². The van der Waals surface area contributed by atoms with Gasteiger partial charge in [0.15, 0.2) is 5.13 Å². The van der Waals surface area contributed by atoms with E-state index in [-0.39, 0.29) is 0 Å². The first-order chi connectivity index (χ1) is 11.4. The second-order valence-corrected chi connectivity index (χ2v) is 6.63. The summed E-state index contributed by atoms with van der Waals surface area (Å²) in [6, 6.07) is 4.83. The highest BCUT2D eigenvalue weighted by atomic mass is 32.1. The topological polar surface area (TPSA) is 42.0 Å². The molecule has 0 radical (unpaired) electrons. The Hall–Kier alpha value is -2.15. The summed E-state index contributed by atoms with van der Waals surface area (Å²) in [5.41, 5.74) is 0.625. The fourth-order valence-electron chi connectivity index (χ4n) is 2.54. The zero-order valence-corrected chi connectivity index (χ0v) is 13.5. The maximum Gasteiger partial charge on any atom is 0.416 e. The lowest BCUT2D eigenvalue weighted by molar-refractivity contribution is -0.137. The average molecular weight is 352 g/mol. The number of hydrogen-bond acceptors (Lipinski definition) is 3. The number of carbonyl (C=O) groups excluding carboxylic acids is 1.